The number of hydrogen-bond acceptors (Lipinski definition) is 4. The molecular formula is C12H17N3O3. The van der Waals surface area contributed by atoms with E-state index in [9.17, 15) is 9.59 Å². The number of benzene rings is 1. The highest BCUT2D eigenvalue weighted by molar-refractivity contribution is 5.76. The lowest BCUT2D eigenvalue weighted by Crippen LogP contribution is -2.29. The molecule has 1 aromatic carbocycles. The summed E-state index contributed by atoms with van der Waals surface area (Å²) < 4.78 is 0. The summed E-state index contributed by atoms with van der Waals surface area (Å²) in [4.78, 5) is 26.3. The van der Waals surface area contributed by atoms with E-state index in [2.05, 4.69) is 10.3 Å². The molecule has 1 rings (SSSR count). The number of nitrogens with one attached hydrogen (secondary N) is 1. The molecule has 2 amide bonds. The lowest BCUT2D eigenvalue weighted by atomic mass is 10.0. The molecule has 18 heavy (non-hydrogen) atoms. The molecule has 0 aliphatic rings. The zero-order valence-corrected chi connectivity index (χ0v) is 9.96. The molecule has 0 saturated carbocycles. The van der Waals surface area contributed by atoms with Gasteiger partial charge in [0.1, 0.15) is 0 Å². The Morgan fingerprint density at radius 1 is 1.28 bits per heavy atom. The van der Waals surface area contributed by atoms with Crippen LogP contribution in [0.4, 0.5) is 0 Å². The van der Waals surface area contributed by atoms with Crippen molar-refractivity contribution in [3.63, 3.8) is 0 Å². The van der Waals surface area contributed by atoms with Crippen LogP contribution in [0.5, 0.6) is 0 Å². The van der Waals surface area contributed by atoms with Gasteiger partial charge in [-0.1, -0.05) is 30.3 Å². The second kappa shape index (κ2) is 7.41. The molecule has 0 aliphatic heterocycles. The SMILES string of the molecule is NC(=O)CONC(=O)CCC(N)c1ccccc1. The summed E-state index contributed by atoms with van der Waals surface area (Å²) in [6.07, 6.45) is 0.713. The van der Waals surface area contributed by atoms with Crippen molar-refractivity contribution >= 4 is 11.8 Å². The average molecular weight is 251 g/mol. The van der Waals surface area contributed by atoms with Crippen LogP contribution < -0.4 is 16.9 Å². The van der Waals surface area contributed by atoms with E-state index in [1.54, 1.807) is 0 Å². The summed E-state index contributed by atoms with van der Waals surface area (Å²) in [5.74, 6) is -0.973. The van der Waals surface area contributed by atoms with Gasteiger partial charge in [-0.2, -0.15) is 0 Å². The van der Waals surface area contributed by atoms with Crippen LogP contribution in [-0.4, -0.2) is 18.4 Å². The van der Waals surface area contributed by atoms with Crippen LogP contribution in [-0.2, 0) is 14.4 Å². The zero-order chi connectivity index (χ0) is 13.4. The Balaban J connectivity index is 2.24. The molecule has 1 aromatic rings. The quantitative estimate of drug-likeness (QED) is 0.593. The first-order chi connectivity index (χ1) is 8.59. The maximum Gasteiger partial charge on any atom is 0.246 e. The van der Waals surface area contributed by atoms with Crippen molar-refractivity contribution in [1.29, 1.82) is 0 Å². The Morgan fingerprint density at radius 2 is 1.94 bits per heavy atom. The summed E-state index contributed by atoms with van der Waals surface area (Å²) in [6.45, 7) is -0.337. The summed E-state index contributed by atoms with van der Waals surface area (Å²) >= 11 is 0. The van der Waals surface area contributed by atoms with Crippen molar-refractivity contribution in [1.82, 2.24) is 5.48 Å². The Labute approximate surface area is 105 Å². The second-order valence-corrected chi connectivity index (χ2v) is 3.84. The van der Waals surface area contributed by atoms with Gasteiger partial charge in [0.25, 0.3) is 0 Å². The summed E-state index contributed by atoms with van der Waals surface area (Å²) in [6, 6.07) is 9.31. The lowest BCUT2D eigenvalue weighted by Gasteiger charge is -2.11. The average Bonchev–Trinajstić information content (AvgIpc) is 2.36. The fraction of sp³-hybridized carbons (Fsp3) is 0.333. The predicted octanol–water partition coefficient (Wildman–Crippen LogP) is -0.000300. The summed E-state index contributed by atoms with van der Waals surface area (Å²) in [7, 11) is 0. The molecule has 0 aromatic heterocycles. The number of nitrogens with two attached hydrogens (primary N) is 2. The van der Waals surface area contributed by atoms with Crippen LogP contribution in [0.2, 0.25) is 0 Å². The second-order valence-electron chi connectivity index (χ2n) is 3.84. The predicted molar refractivity (Wildman–Crippen MR) is 65.9 cm³/mol. The van der Waals surface area contributed by atoms with Crippen LogP contribution in [0.3, 0.4) is 0 Å². The summed E-state index contributed by atoms with van der Waals surface area (Å²) in [5, 5.41) is 0. The maximum atomic E-state index is 11.3. The largest absolute Gasteiger partial charge is 0.368 e. The fourth-order valence-electron chi connectivity index (χ4n) is 1.39. The van der Waals surface area contributed by atoms with E-state index < -0.39 is 5.91 Å². The van der Waals surface area contributed by atoms with Crippen molar-refractivity contribution < 1.29 is 14.4 Å². The molecule has 0 heterocycles. The first kappa shape index (κ1) is 14.1. The van der Waals surface area contributed by atoms with Crippen molar-refractivity contribution in [2.45, 2.75) is 18.9 Å². The number of amides is 2. The van der Waals surface area contributed by atoms with Crippen LogP contribution in [0, 0.1) is 0 Å². The molecule has 0 fully saturated rings. The first-order valence-corrected chi connectivity index (χ1v) is 5.59. The standard InChI is InChI=1S/C12H17N3O3/c13-10(9-4-2-1-3-5-9)6-7-12(17)15-18-8-11(14)16/h1-5,10H,6-8,13H2,(H2,14,16)(H,15,17). The van der Waals surface area contributed by atoms with Crippen molar-refractivity contribution in [2.75, 3.05) is 6.61 Å². The smallest absolute Gasteiger partial charge is 0.246 e. The minimum Gasteiger partial charge on any atom is -0.368 e. The molecule has 1 unspecified atom stereocenters. The van der Waals surface area contributed by atoms with E-state index in [4.69, 9.17) is 11.5 Å². The molecule has 0 radical (unpaired) electrons. The van der Waals surface area contributed by atoms with E-state index in [0.717, 1.165) is 5.56 Å². The highest BCUT2D eigenvalue weighted by Crippen LogP contribution is 2.14. The molecule has 0 bridgehead atoms. The first-order valence-electron chi connectivity index (χ1n) is 5.59. The Hall–Kier alpha value is -1.92. The highest BCUT2D eigenvalue weighted by Gasteiger charge is 2.09. The fourth-order valence-corrected chi connectivity index (χ4v) is 1.39. The van der Waals surface area contributed by atoms with Crippen LogP contribution in [0.15, 0.2) is 30.3 Å². The third kappa shape index (κ3) is 5.42. The van der Waals surface area contributed by atoms with Gasteiger partial charge in [-0.15, -0.1) is 0 Å². The summed E-state index contributed by atoms with van der Waals surface area (Å²) in [5.41, 5.74) is 13.9. The highest BCUT2D eigenvalue weighted by atomic mass is 16.7. The molecule has 0 spiro atoms. The van der Waals surface area contributed by atoms with E-state index >= 15 is 0 Å². The molecule has 6 nitrogen and oxygen atoms in total. The third-order valence-electron chi connectivity index (χ3n) is 2.31. The van der Waals surface area contributed by atoms with Gasteiger partial charge in [0.05, 0.1) is 0 Å². The van der Waals surface area contributed by atoms with Crippen molar-refractivity contribution in [2.24, 2.45) is 11.5 Å². The van der Waals surface area contributed by atoms with Gasteiger partial charge in [0.15, 0.2) is 6.61 Å². The number of hydrogen-bond donors (Lipinski definition) is 3. The minimum absolute atomic E-state index is 0.201. The van der Waals surface area contributed by atoms with Gasteiger partial charge < -0.3 is 11.5 Å². The number of carbonyl (C=O) groups is 2. The number of rotatable bonds is 7. The monoisotopic (exact) mass is 251 g/mol. The van der Waals surface area contributed by atoms with Gasteiger partial charge in [-0.05, 0) is 12.0 Å². The number of hydroxylamine groups is 1. The topological polar surface area (TPSA) is 107 Å². The van der Waals surface area contributed by atoms with Gasteiger partial charge in [-0.3, -0.25) is 14.4 Å². The zero-order valence-electron chi connectivity index (χ0n) is 9.96. The van der Waals surface area contributed by atoms with Gasteiger partial charge in [0.2, 0.25) is 11.8 Å². The van der Waals surface area contributed by atoms with Crippen LogP contribution in [0.1, 0.15) is 24.4 Å². The van der Waals surface area contributed by atoms with Gasteiger partial charge in [0, 0.05) is 12.5 Å². The molecule has 5 N–H and O–H groups in total. The Kier molecular flexibility index (Phi) is 5.83. The van der Waals surface area contributed by atoms with E-state index in [0.29, 0.717) is 6.42 Å². The minimum atomic E-state index is -0.642. The van der Waals surface area contributed by atoms with Crippen molar-refractivity contribution in [3.05, 3.63) is 35.9 Å². The normalized spacial score (nSPS) is 11.8. The molecule has 98 valence electrons. The molecule has 0 aliphatic carbocycles. The molecule has 1 atom stereocenters. The van der Waals surface area contributed by atoms with Crippen LogP contribution in [0.25, 0.3) is 0 Å². The van der Waals surface area contributed by atoms with E-state index in [-0.39, 0.29) is 25.0 Å². The Bertz CT molecular complexity index is 395. The van der Waals surface area contributed by atoms with Gasteiger partial charge >= 0.3 is 0 Å². The maximum absolute atomic E-state index is 11.3. The van der Waals surface area contributed by atoms with Crippen LogP contribution >= 0.6 is 0 Å². The Morgan fingerprint density at radius 3 is 2.56 bits per heavy atom. The van der Waals surface area contributed by atoms with Gasteiger partial charge in [-0.25, -0.2) is 5.48 Å². The molecule has 0 saturated heterocycles. The van der Waals surface area contributed by atoms with E-state index in [1.807, 2.05) is 30.3 Å². The van der Waals surface area contributed by atoms with E-state index in [1.165, 1.54) is 0 Å². The number of primary amides is 1. The third-order valence-corrected chi connectivity index (χ3v) is 2.31. The molecular weight excluding hydrogens is 234 g/mol. The number of carbonyl (C=O) groups excluding carboxylic acids is 2. The lowest BCUT2D eigenvalue weighted by molar-refractivity contribution is -0.138. The molecule has 6 heteroatoms. The van der Waals surface area contributed by atoms with Crippen molar-refractivity contribution in [3.8, 4) is 0 Å².